The molecule has 0 atom stereocenters. The van der Waals surface area contributed by atoms with Gasteiger partial charge in [0.25, 0.3) is 10.1 Å². The van der Waals surface area contributed by atoms with Crippen molar-refractivity contribution in [2.45, 2.75) is 4.90 Å². The molecule has 0 aliphatic heterocycles. The van der Waals surface area contributed by atoms with Gasteiger partial charge in [0.05, 0.1) is 4.90 Å². The maximum absolute atomic E-state index is 11.0. The lowest BCUT2D eigenvalue weighted by molar-refractivity contribution is 0.483. The first kappa shape index (κ1) is 10.9. The molecule has 2 aromatic rings. The van der Waals surface area contributed by atoms with E-state index < -0.39 is 10.1 Å². The van der Waals surface area contributed by atoms with Gasteiger partial charge in [-0.3, -0.25) is 4.55 Å². The summed E-state index contributed by atoms with van der Waals surface area (Å²) in [6.45, 7) is 0. The molecular formula is C11H11NO3S. The highest BCUT2D eigenvalue weighted by Crippen LogP contribution is 2.22. The third-order valence-electron chi connectivity index (χ3n) is 2.40. The molecule has 16 heavy (non-hydrogen) atoms. The molecule has 0 amide bonds. The zero-order valence-electron chi connectivity index (χ0n) is 8.64. The van der Waals surface area contributed by atoms with Gasteiger partial charge >= 0.3 is 0 Å². The second-order valence-corrected chi connectivity index (χ2v) is 4.87. The van der Waals surface area contributed by atoms with Gasteiger partial charge in [0.1, 0.15) is 0 Å². The van der Waals surface area contributed by atoms with E-state index in [9.17, 15) is 8.42 Å². The molecule has 2 N–H and O–H groups in total. The third kappa shape index (κ3) is 2.00. The quantitative estimate of drug-likeness (QED) is 0.785. The molecule has 2 rings (SSSR count). The highest BCUT2D eigenvalue weighted by Gasteiger charge is 2.09. The summed E-state index contributed by atoms with van der Waals surface area (Å²) >= 11 is 0. The van der Waals surface area contributed by atoms with Crippen LogP contribution in [-0.4, -0.2) is 20.0 Å². The Morgan fingerprint density at radius 1 is 1.06 bits per heavy atom. The molecule has 4 nitrogen and oxygen atoms in total. The van der Waals surface area contributed by atoms with Crippen LogP contribution in [0.3, 0.4) is 0 Å². The fourth-order valence-electron chi connectivity index (χ4n) is 1.54. The van der Waals surface area contributed by atoms with Crippen molar-refractivity contribution in [3.8, 4) is 0 Å². The largest absolute Gasteiger partial charge is 0.388 e. The number of rotatable bonds is 2. The summed E-state index contributed by atoms with van der Waals surface area (Å²) in [7, 11) is -2.35. The van der Waals surface area contributed by atoms with E-state index in [1.807, 2.05) is 18.2 Å². The Morgan fingerprint density at radius 3 is 2.38 bits per heavy atom. The first-order chi connectivity index (χ1) is 7.50. The maximum Gasteiger partial charge on any atom is 0.294 e. The predicted molar refractivity (Wildman–Crippen MR) is 63.3 cm³/mol. The smallest absolute Gasteiger partial charge is 0.294 e. The second-order valence-electron chi connectivity index (χ2n) is 3.45. The van der Waals surface area contributed by atoms with Crippen LogP contribution in [0, 0.1) is 0 Å². The second kappa shape index (κ2) is 3.77. The fourth-order valence-corrected chi connectivity index (χ4v) is 2.06. The molecular weight excluding hydrogens is 226 g/mol. The van der Waals surface area contributed by atoms with Crippen LogP contribution in [0.15, 0.2) is 41.3 Å². The van der Waals surface area contributed by atoms with Gasteiger partial charge in [0.2, 0.25) is 0 Å². The molecule has 0 aliphatic carbocycles. The van der Waals surface area contributed by atoms with Crippen LogP contribution in [0.5, 0.6) is 0 Å². The van der Waals surface area contributed by atoms with Crippen molar-refractivity contribution >= 4 is 26.6 Å². The minimum Gasteiger partial charge on any atom is -0.388 e. The number of hydrogen-bond acceptors (Lipinski definition) is 3. The Kier molecular flexibility index (Phi) is 2.57. The molecule has 5 heteroatoms. The molecule has 0 saturated heterocycles. The van der Waals surface area contributed by atoms with Gasteiger partial charge in [-0.15, -0.1) is 0 Å². The molecule has 0 bridgehead atoms. The molecule has 2 aromatic carbocycles. The lowest BCUT2D eigenvalue weighted by Crippen LogP contribution is -1.97. The minimum absolute atomic E-state index is 0.0896. The molecule has 0 saturated carbocycles. The van der Waals surface area contributed by atoms with Crippen molar-refractivity contribution in [1.82, 2.24) is 0 Å². The summed E-state index contributed by atoms with van der Waals surface area (Å²) in [6.07, 6.45) is 0. The molecule has 0 fully saturated rings. The predicted octanol–water partition coefficient (Wildman–Crippen LogP) is 2.13. The van der Waals surface area contributed by atoms with Crippen molar-refractivity contribution in [2.75, 3.05) is 12.4 Å². The summed E-state index contributed by atoms with van der Waals surface area (Å²) < 4.78 is 30.9. The summed E-state index contributed by atoms with van der Waals surface area (Å²) in [5.41, 5.74) is 0.889. The highest BCUT2D eigenvalue weighted by molar-refractivity contribution is 7.85. The van der Waals surface area contributed by atoms with E-state index in [2.05, 4.69) is 5.32 Å². The molecule has 0 radical (unpaired) electrons. The first-order valence-electron chi connectivity index (χ1n) is 4.70. The summed E-state index contributed by atoms with van der Waals surface area (Å²) in [6, 6.07) is 10.1. The van der Waals surface area contributed by atoms with Crippen LogP contribution < -0.4 is 5.32 Å². The monoisotopic (exact) mass is 237 g/mol. The molecule has 0 aromatic heterocycles. The number of benzene rings is 2. The topological polar surface area (TPSA) is 66.4 Å². The van der Waals surface area contributed by atoms with E-state index in [-0.39, 0.29) is 4.90 Å². The maximum atomic E-state index is 11.0. The summed E-state index contributed by atoms with van der Waals surface area (Å²) in [4.78, 5) is -0.0896. The lowest BCUT2D eigenvalue weighted by atomic mass is 10.1. The van der Waals surface area contributed by atoms with Crippen molar-refractivity contribution in [2.24, 2.45) is 0 Å². The Bertz CT molecular complexity index is 635. The first-order valence-corrected chi connectivity index (χ1v) is 6.14. The third-order valence-corrected chi connectivity index (χ3v) is 3.25. The van der Waals surface area contributed by atoms with Crippen molar-refractivity contribution in [3.05, 3.63) is 36.4 Å². The van der Waals surface area contributed by atoms with Gasteiger partial charge in [0.15, 0.2) is 0 Å². The van der Waals surface area contributed by atoms with E-state index in [1.165, 1.54) is 12.1 Å². The number of hydrogen-bond donors (Lipinski definition) is 2. The standard InChI is InChI=1S/C11H11NO3S/c1-12-10-4-2-8-3-5-11(16(13,14)15)7-9(8)6-10/h2-7,12H,1H3,(H,13,14,15). The van der Waals surface area contributed by atoms with Crippen molar-refractivity contribution < 1.29 is 13.0 Å². The lowest BCUT2D eigenvalue weighted by Gasteiger charge is -2.04. The van der Waals surface area contributed by atoms with Crippen LogP contribution >= 0.6 is 0 Å². The molecule has 0 spiro atoms. The van der Waals surface area contributed by atoms with Gasteiger partial charge in [-0.25, -0.2) is 0 Å². The zero-order valence-corrected chi connectivity index (χ0v) is 9.45. The summed E-state index contributed by atoms with van der Waals surface area (Å²) in [5.74, 6) is 0. The van der Waals surface area contributed by atoms with Gasteiger partial charge in [0, 0.05) is 12.7 Å². The van der Waals surface area contributed by atoms with Crippen LogP contribution in [0.1, 0.15) is 0 Å². The van der Waals surface area contributed by atoms with E-state index in [1.54, 1.807) is 13.1 Å². The van der Waals surface area contributed by atoms with Crippen LogP contribution in [0.25, 0.3) is 10.8 Å². The van der Waals surface area contributed by atoms with Gasteiger partial charge in [-0.2, -0.15) is 8.42 Å². The SMILES string of the molecule is CNc1ccc2ccc(S(=O)(=O)O)cc2c1. The zero-order chi connectivity index (χ0) is 11.8. The van der Waals surface area contributed by atoms with Gasteiger partial charge in [-0.1, -0.05) is 12.1 Å². The van der Waals surface area contributed by atoms with Gasteiger partial charge in [-0.05, 0) is 35.0 Å². The van der Waals surface area contributed by atoms with Crippen molar-refractivity contribution in [3.63, 3.8) is 0 Å². The average molecular weight is 237 g/mol. The van der Waals surface area contributed by atoms with Crippen molar-refractivity contribution in [1.29, 1.82) is 0 Å². The van der Waals surface area contributed by atoms with Crippen LogP contribution in [0.4, 0.5) is 5.69 Å². The van der Waals surface area contributed by atoms with Crippen LogP contribution in [-0.2, 0) is 10.1 Å². The van der Waals surface area contributed by atoms with E-state index in [0.717, 1.165) is 16.5 Å². The minimum atomic E-state index is -4.13. The van der Waals surface area contributed by atoms with E-state index >= 15 is 0 Å². The Labute approximate surface area is 93.7 Å². The molecule has 0 unspecified atom stereocenters. The number of fused-ring (bicyclic) bond motifs is 1. The Hall–Kier alpha value is -1.59. The molecule has 0 aliphatic rings. The fraction of sp³-hybridized carbons (Fsp3) is 0.0909. The number of anilines is 1. The molecule has 0 heterocycles. The average Bonchev–Trinajstić information content (AvgIpc) is 2.26. The summed E-state index contributed by atoms with van der Waals surface area (Å²) in [5, 5.41) is 4.65. The highest BCUT2D eigenvalue weighted by atomic mass is 32.2. The Balaban J connectivity index is 2.69. The Morgan fingerprint density at radius 2 is 1.75 bits per heavy atom. The normalized spacial score (nSPS) is 11.6. The van der Waals surface area contributed by atoms with E-state index in [4.69, 9.17) is 4.55 Å². The number of nitrogens with one attached hydrogen (secondary N) is 1. The van der Waals surface area contributed by atoms with Gasteiger partial charge < -0.3 is 5.32 Å². The molecule has 84 valence electrons. The van der Waals surface area contributed by atoms with E-state index in [0.29, 0.717) is 0 Å². The van der Waals surface area contributed by atoms with Crippen LogP contribution in [0.2, 0.25) is 0 Å².